The number of rotatable bonds is 3. The van der Waals surface area contributed by atoms with Gasteiger partial charge in [-0.15, -0.1) is 0 Å². The van der Waals surface area contributed by atoms with Crippen LogP contribution in [0.15, 0.2) is 24.3 Å². The van der Waals surface area contributed by atoms with E-state index in [9.17, 15) is 0 Å². The molecule has 1 aromatic carbocycles. The Hall–Kier alpha value is -1.02. The van der Waals surface area contributed by atoms with Gasteiger partial charge in [-0.3, -0.25) is 0 Å². The van der Waals surface area contributed by atoms with Crippen LogP contribution in [0.2, 0.25) is 0 Å². The molecule has 0 bridgehead atoms. The molecule has 94 valence electrons. The summed E-state index contributed by atoms with van der Waals surface area (Å²) in [5, 5.41) is 0. The van der Waals surface area contributed by atoms with E-state index in [0.717, 1.165) is 13.0 Å². The van der Waals surface area contributed by atoms with Crippen molar-refractivity contribution in [3.8, 4) is 0 Å². The van der Waals surface area contributed by atoms with Gasteiger partial charge < -0.3 is 10.6 Å². The second kappa shape index (κ2) is 4.69. The average Bonchev–Trinajstić information content (AvgIpc) is 2.68. The SMILES string of the molecule is CC[C@@H](N)c1ccccc1N1CCCC1(C)C. The number of nitrogens with two attached hydrogens (primary N) is 1. The zero-order valence-corrected chi connectivity index (χ0v) is 11.2. The van der Waals surface area contributed by atoms with Crippen LogP contribution in [0.4, 0.5) is 5.69 Å². The summed E-state index contributed by atoms with van der Waals surface area (Å²) < 4.78 is 0. The smallest absolute Gasteiger partial charge is 0.0419 e. The topological polar surface area (TPSA) is 29.3 Å². The van der Waals surface area contributed by atoms with E-state index in [0.29, 0.717) is 0 Å². The minimum Gasteiger partial charge on any atom is -0.366 e. The maximum atomic E-state index is 6.22. The van der Waals surface area contributed by atoms with Crippen LogP contribution in [-0.4, -0.2) is 12.1 Å². The fourth-order valence-electron chi connectivity index (χ4n) is 2.82. The molecule has 2 N–H and O–H groups in total. The molecule has 2 heteroatoms. The molecule has 0 aromatic heterocycles. The monoisotopic (exact) mass is 232 g/mol. The average molecular weight is 232 g/mol. The molecule has 1 saturated heterocycles. The third-order valence-electron chi connectivity index (χ3n) is 3.97. The van der Waals surface area contributed by atoms with Crippen LogP contribution >= 0.6 is 0 Å². The summed E-state index contributed by atoms with van der Waals surface area (Å²) in [6.07, 6.45) is 3.54. The number of benzene rings is 1. The molecular weight excluding hydrogens is 208 g/mol. The van der Waals surface area contributed by atoms with E-state index in [1.54, 1.807) is 0 Å². The lowest BCUT2D eigenvalue weighted by Crippen LogP contribution is -2.39. The maximum Gasteiger partial charge on any atom is 0.0419 e. The van der Waals surface area contributed by atoms with E-state index in [-0.39, 0.29) is 11.6 Å². The molecule has 1 aliphatic rings. The van der Waals surface area contributed by atoms with Gasteiger partial charge in [-0.2, -0.15) is 0 Å². The fraction of sp³-hybridized carbons (Fsp3) is 0.600. The van der Waals surface area contributed by atoms with Crippen molar-refractivity contribution in [2.75, 3.05) is 11.4 Å². The molecular formula is C15H24N2. The van der Waals surface area contributed by atoms with Crippen molar-refractivity contribution < 1.29 is 0 Å². The van der Waals surface area contributed by atoms with Gasteiger partial charge in [0.25, 0.3) is 0 Å². The summed E-state index contributed by atoms with van der Waals surface area (Å²) in [5.41, 5.74) is 9.13. The maximum absolute atomic E-state index is 6.22. The number of anilines is 1. The van der Waals surface area contributed by atoms with Crippen molar-refractivity contribution in [2.24, 2.45) is 5.73 Å². The molecule has 0 saturated carbocycles. The second-order valence-electron chi connectivity index (χ2n) is 5.64. The highest BCUT2D eigenvalue weighted by Gasteiger charge is 2.33. The number of hydrogen-bond donors (Lipinski definition) is 1. The summed E-state index contributed by atoms with van der Waals surface area (Å²) in [6.45, 7) is 7.96. The second-order valence-corrected chi connectivity index (χ2v) is 5.64. The van der Waals surface area contributed by atoms with Gasteiger partial charge in [-0.1, -0.05) is 25.1 Å². The Kier molecular flexibility index (Phi) is 3.43. The van der Waals surface area contributed by atoms with Gasteiger partial charge in [0.1, 0.15) is 0 Å². The summed E-state index contributed by atoms with van der Waals surface area (Å²) in [6, 6.07) is 8.77. The van der Waals surface area contributed by atoms with Gasteiger partial charge in [0.05, 0.1) is 0 Å². The van der Waals surface area contributed by atoms with Crippen molar-refractivity contribution in [1.29, 1.82) is 0 Å². The molecule has 1 aliphatic heterocycles. The number of nitrogens with zero attached hydrogens (tertiary/aromatic N) is 1. The van der Waals surface area contributed by atoms with Crippen molar-refractivity contribution in [3.05, 3.63) is 29.8 Å². The molecule has 0 amide bonds. The highest BCUT2D eigenvalue weighted by Crippen LogP contribution is 2.37. The quantitative estimate of drug-likeness (QED) is 0.864. The first-order valence-electron chi connectivity index (χ1n) is 6.68. The Labute approximate surface area is 105 Å². The normalized spacial score (nSPS) is 20.6. The molecule has 0 radical (unpaired) electrons. The van der Waals surface area contributed by atoms with Crippen LogP contribution in [0, 0.1) is 0 Å². The Morgan fingerprint density at radius 2 is 2.06 bits per heavy atom. The first-order valence-corrected chi connectivity index (χ1v) is 6.68. The summed E-state index contributed by atoms with van der Waals surface area (Å²) in [7, 11) is 0. The fourth-order valence-corrected chi connectivity index (χ4v) is 2.82. The summed E-state index contributed by atoms with van der Waals surface area (Å²) in [5.74, 6) is 0. The van der Waals surface area contributed by atoms with E-state index in [1.807, 2.05) is 0 Å². The molecule has 1 fully saturated rings. The van der Waals surface area contributed by atoms with E-state index in [4.69, 9.17) is 5.73 Å². The van der Waals surface area contributed by atoms with Gasteiger partial charge in [-0.05, 0) is 44.7 Å². The molecule has 0 aliphatic carbocycles. The van der Waals surface area contributed by atoms with Gasteiger partial charge >= 0.3 is 0 Å². The Balaban J connectivity index is 2.38. The molecule has 0 spiro atoms. The Morgan fingerprint density at radius 3 is 2.65 bits per heavy atom. The largest absolute Gasteiger partial charge is 0.366 e. The first kappa shape index (κ1) is 12.4. The zero-order valence-electron chi connectivity index (χ0n) is 11.2. The molecule has 1 aromatic rings. The van der Waals surface area contributed by atoms with Gasteiger partial charge in [0, 0.05) is 23.8 Å². The van der Waals surface area contributed by atoms with Gasteiger partial charge in [-0.25, -0.2) is 0 Å². The van der Waals surface area contributed by atoms with E-state index in [2.05, 4.69) is 49.9 Å². The van der Waals surface area contributed by atoms with Crippen molar-refractivity contribution in [1.82, 2.24) is 0 Å². The van der Waals surface area contributed by atoms with Crippen molar-refractivity contribution in [2.45, 2.75) is 51.6 Å². The van der Waals surface area contributed by atoms with Crippen LogP contribution in [0.5, 0.6) is 0 Å². The molecule has 0 unspecified atom stereocenters. The van der Waals surface area contributed by atoms with Crippen molar-refractivity contribution in [3.63, 3.8) is 0 Å². The van der Waals surface area contributed by atoms with Gasteiger partial charge in [0.2, 0.25) is 0 Å². The van der Waals surface area contributed by atoms with Crippen LogP contribution in [0.1, 0.15) is 51.6 Å². The van der Waals surface area contributed by atoms with E-state index >= 15 is 0 Å². The van der Waals surface area contributed by atoms with Crippen LogP contribution in [0.25, 0.3) is 0 Å². The van der Waals surface area contributed by atoms with Crippen LogP contribution < -0.4 is 10.6 Å². The third-order valence-corrected chi connectivity index (χ3v) is 3.97. The lowest BCUT2D eigenvalue weighted by molar-refractivity contribution is 0.515. The Morgan fingerprint density at radius 1 is 1.35 bits per heavy atom. The predicted octanol–water partition coefficient (Wildman–Crippen LogP) is 3.48. The highest BCUT2D eigenvalue weighted by atomic mass is 15.2. The zero-order chi connectivity index (χ0) is 12.5. The predicted molar refractivity (Wildman–Crippen MR) is 74.3 cm³/mol. The number of para-hydroxylation sites is 1. The Bertz CT molecular complexity index is 384. The summed E-state index contributed by atoms with van der Waals surface area (Å²) >= 11 is 0. The van der Waals surface area contributed by atoms with Crippen LogP contribution in [-0.2, 0) is 0 Å². The van der Waals surface area contributed by atoms with Crippen LogP contribution in [0.3, 0.4) is 0 Å². The molecule has 2 nitrogen and oxygen atoms in total. The number of hydrogen-bond acceptors (Lipinski definition) is 2. The third kappa shape index (κ3) is 2.32. The summed E-state index contributed by atoms with van der Waals surface area (Å²) in [4.78, 5) is 2.53. The molecule has 1 atom stereocenters. The lowest BCUT2D eigenvalue weighted by Gasteiger charge is -2.36. The minimum absolute atomic E-state index is 0.155. The molecule has 2 rings (SSSR count). The lowest BCUT2D eigenvalue weighted by atomic mass is 9.98. The van der Waals surface area contributed by atoms with Gasteiger partial charge in [0.15, 0.2) is 0 Å². The molecule has 1 heterocycles. The molecule has 17 heavy (non-hydrogen) atoms. The minimum atomic E-state index is 0.155. The van der Waals surface area contributed by atoms with E-state index < -0.39 is 0 Å². The first-order chi connectivity index (χ1) is 8.06. The van der Waals surface area contributed by atoms with E-state index in [1.165, 1.54) is 24.1 Å². The standard InChI is InChI=1S/C15H24N2/c1-4-13(16)12-8-5-6-9-14(12)17-11-7-10-15(17,2)3/h5-6,8-9,13H,4,7,10-11,16H2,1-3H3/t13-/m1/s1. The highest BCUT2D eigenvalue weighted by molar-refractivity contribution is 5.57. The van der Waals surface area contributed by atoms with Crippen molar-refractivity contribution >= 4 is 5.69 Å².